The Kier molecular flexibility index (Phi) is 3.28. The number of carbonyl (C=O) groups is 1. The zero-order chi connectivity index (χ0) is 14.8. The van der Waals surface area contributed by atoms with Crippen molar-refractivity contribution >= 4 is 5.97 Å². The molecular formula is C17H14N2O2. The molecule has 0 bridgehead atoms. The first-order valence-corrected chi connectivity index (χ1v) is 6.59. The monoisotopic (exact) mass is 278 g/mol. The summed E-state index contributed by atoms with van der Waals surface area (Å²) in [7, 11) is 0. The van der Waals surface area contributed by atoms with Crippen molar-refractivity contribution in [3.63, 3.8) is 0 Å². The van der Waals surface area contributed by atoms with Crippen molar-refractivity contribution in [2.45, 2.75) is 6.92 Å². The molecule has 0 spiro atoms. The van der Waals surface area contributed by atoms with Gasteiger partial charge in [0, 0.05) is 11.8 Å². The van der Waals surface area contributed by atoms with Crippen LogP contribution in [0.5, 0.6) is 0 Å². The minimum atomic E-state index is -0.942. The van der Waals surface area contributed by atoms with Crippen LogP contribution in [-0.2, 0) is 0 Å². The Morgan fingerprint density at radius 3 is 2.67 bits per heavy atom. The fourth-order valence-electron chi connectivity index (χ4n) is 2.22. The second-order valence-electron chi connectivity index (χ2n) is 4.90. The van der Waals surface area contributed by atoms with Crippen LogP contribution in [0.1, 0.15) is 15.9 Å². The molecule has 4 nitrogen and oxygen atoms in total. The number of aromatic nitrogens is 2. The van der Waals surface area contributed by atoms with Crippen LogP contribution in [0.25, 0.3) is 16.8 Å². The van der Waals surface area contributed by atoms with Gasteiger partial charge in [0.1, 0.15) is 0 Å². The molecule has 0 fully saturated rings. The van der Waals surface area contributed by atoms with Gasteiger partial charge in [-0.05, 0) is 30.7 Å². The molecule has 0 radical (unpaired) electrons. The lowest BCUT2D eigenvalue weighted by atomic mass is 10.1. The summed E-state index contributed by atoms with van der Waals surface area (Å²) in [6, 6.07) is 14.9. The maximum absolute atomic E-state index is 11.0. The molecule has 0 aliphatic rings. The van der Waals surface area contributed by atoms with Crippen LogP contribution in [0.2, 0.25) is 0 Å². The van der Waals surface area contributed by atoms with E-state index in [2.05, 4.69) is 11.2 Å². The van der Waals surface area contributed by atoms with Gasteiger partial charge in [0.15, 0.2) is 0 Å². The summed E-state index contributed by atoms with van der Waals surface area (Å²) in [6.45, 7) is 2.05. The first kappa shape index (κ1) is 13.1. The van der Waals surface area contributed by atoms with Gasteiger partial charge in [-0.1, -0.05) is 35.9 Å². The molecule has 0 aliphatic carbocycles. The highest BCUT2D eigenvalue weighted by atomic mass is 16.4. The fraction of sp³-hybridized carbons (Fsp3) is 0.0588. The van der Waals surface area contributed by atoms with Crippen LogP contribution in [0.3, 0.4) is 0 Å². The van der Waals surface area contributed by atoms with E-state index >= 15 is 0 Å². The zero-order valence-corrected chi connectivity index (χ0v) is 11.5. The molecule has 1 N–H and O–H groups in total. The van der Waals surface area contributed by atoms with Crippen molar-refractivity contribution in [2.75, 3.05) is 0 Å². The van der Waals surface area contributed by atoms with Crippen LogP contribution < -0.4 is 0 Å². The summed E-state index contributed by atoms with van der Waals surface area (Å²) in [5, 5.41) is 13.4. The van der Waals surface area contributed by atoms with E-state index in [1.807, 2.05) is 37.4 Å². The minimum absolute atomic E-state index is 0.250. The van der Waals surface area contributed by atoms with Crippen LogP contribution >= 0.6 is 0 Å². The minimum Gasteiger partial charge on any atom is -0.478 e. The van der Waals surface area contributed by atoms with Crippen molar-refractivity contribution in [1.82, 2.24) is 9.78 Å². The lowest BCUT2D eigenvalue weighted by Gasteiger charge is -2.02. The van der Waals surface area contributed by atoms with E-state index in [4.69, 9.17) is 5.11 Å². The molecule has 104 valence electrons. The summed E-state index contributed by atoms with van der Waals surface area (Å²) in [5.41, 5.74) is 4.26. The molecule has 0 unspecified atom stereocenters. The predicted octanol–water partition coefficient (Wildman–Crippen LogP) is 3.55. The van der Waals surface area contributed by atoms with Crippen LogP contribution in [0, 0.1) is 6.92 Å². The standard InChI is InChI=1S/C17H14N2O2/c1-12-4-2-5-13(8-12)15-10-18-19(11-15)16-7-3-6-14(9-16)17(20)21/h2-11H,1H3,(H,20,21). The van der Waals surface area contributed by atoms with Gasteiger partial charge in [-0.3, -0.25) is 0 Å². The van der Waals surface area contributed by atoms with Gasteiger partial charge in [0.05, 0.1) is 17.4 Å². The largest absolute Gasteiger partial charge is 0.478 e. The van der Waals surface area contributed by atoms with Gasteiger partial charge >= 0.3 is 5.97 Å². The maximum Gasteiger partial charge on any atom is 0.335 e. The Bertz CT molecular complexity index is 806. The van der Waals surface area contributed by atoms with E-state index in [1.165, 1.54) is 5.56 Å². The molecule has 1 aromatic heterocycles. The Morgan fingerprint density at radius 2 is 1.90 bits per heavy atom. The Morgan fingerprint density at radius 1 is 1.10 bits per heavy atom. The molecule has 3 aromatic rings. The van der Waals surface area contributed by atoms with Gasteiger partial charge in [-0.15, -0.1) is 0 Å². The second kappa shape index (κ2) is 5.25. The van der Waals surface area contributed by atoms with Gasteiger partial charge in [0.25, 0.3) is 0 Å². The van der Waals surface area contributed by atoms with Gasteiger partial charge < -0.3 is 5.11 Å². The molecule has 1 heterocycles. The number of carboxylic acids is 1. The number of aromatic carboxylic acids is 1. The van der Waals surface area contributed by atoms with Crippen LogP contribution in [0.4, 0.5) is 0 Å². The van der Waals surface area contributed by atoms with Crippen molar-refractivity contribution in [3.05, 3.63) is 72.1 Å². The maximum atomic E-state index is 11.0. The molecule has 0 atom stereocenters. The smallest absolute Gasteiger partial charge is 0.335 e. The third-order valence-electron chi connectivity index (χ3n) is 3.29. The number of rotatable bonds is 3. The summed E-state index contributed by atoms with van der Waals surface area (Å²) in [4.78, 5) is 11.0. The van der Waals surface area contributed by atoms with E-state index in [0.717, 1.165) is 16.8 Å². The van der Waals surface area contributed by atoms with Crippen molar-refractivity contribution in [2.24, 2.45) is 0 Å². The SMILES string of the molecule is Cc1cccc(-c2cnn(-c3cccc(C(=O)O)c3)c2)c1. The van der Waals surface area contributed by atoms with Gasteiger partial charge in [-0.25, -0.2) is 9.48 Å². The molecular weight excluding hydrogens is 264 g/mol. The lowest BCUT2D eigenvalue weighted by molar-refractivity contribution is 0.0697. The lowest BCUT2D eigenvalue weighted by Crippen LogP contribution is -1.99. The normalized spacial score (nSPS) is 10.5. The number of benzene rings is 2. The van der Waals surface area contributed by atoms with Gasteiger partial charge in [0.2, 0.25) is 0 Å². The fourth-order valence-corrected chi connectivity index (χ4v) is 2.22. The molecule has 0 aliphatic heterocycles. The molecule has 3 rings (SSSR count). The highest BCUT2D eigenvalue weighted by Gasteiger charge is 2.07. The van der Waals surface area contributed by atoms with Crippen molar-refractivity contribution < 1.29 is 9.90 Å². The third kappa shape index (κ3) is 2.69. The van der Waals surface area contributed by atoms with Crippen molar-refractivity contribution in [1.29, 1.82) is 0 Å². The summed E-state index contributed by atoms with van der Waals surface area (Å²) in [5.74, 6) is -0.942. The highest BCUT2D eigenvalue weighted by molar-refractivity contribution is 5.88. The van der Waals surface area contributed by atoms with Gasteiger partial charge in [-0.2, -0.15) is 5.10 Å². The summed E-state index contributed by atoms with van der Waals surface area (Å²) in [6.07, 6.45) is 3.68. The second-order valence-corrected chi connectivity index (χ2v) is 4.90. The molecule has 21 heavy (non-hydrogen) atoms. The first-order chi connectivity index (χ1) is 10.1. The predicted molar refractivity (Wildman–Crippen MR) is 80.7 cm³/mol. The van der Waals surface area contributed by atoms with E-state index in [9.17, 15) is 4.79 Å². The highest BCUT2D eigenvalue weighted by Crippen LogP contribution is 2.21. The zero-order valence-electron chi connectivity index (χ0n) is 11.5. The summed E-state index contributed by atoms with van der Waals surface area (Å²) >= 11 is 0. The number of hydrogen-bond acceptors (Lipinski definition) is 2. The van der Waals surface area contributed by atoms with E-state index in [-0.39, 0.29) is 5.56 Å². The van der Waals surface area contributed by atoms with Crippen LogP contribution in [0.15, 0.2) is 60.9 Å². The number of hydrogen-bond donors (Lipinski definition) is 1. The Labute approximate surface area is 122 Å². The average molecular weight is 278 g/mol. The van der Waals surface area contributed by atoms with E-state index in [0.29, 0.717) is 0 Å². The molecule has 0 saturated carbocycles. The summed E-state index contributed by atoms with van der Waals surface area (Å²) < 4.78 is 1.68. The first-order valence-electron chi connectivity index (χ1n) is 6.59. The van der Waals surface area contributed by atoms with Crippen LogP contribution in [-0.4, -0.2) is 20.9 Å². The van der Waals surface area contributed by atoms with Crippen molar-refractivity contribution in [3.8, 4) is 16.8 Å². The molecule has 0 amide bonds. The van der Waals surface area contributed by atoms with E-state index in [1.54, 1.807) is 29.1 Å². The number of carboxylic acid groups (broad SMARTS) is 1. The molecule has 0 saturated heterocycles. The number of nitrogens with zero attached hydrogens (tertiary/aromatic N) is 2. The molecule has 4 heteroatoms. The topological polar surface area (TPSA) is 55.1 Å². The quantitative estimate of drug-likeness (QED) is 0.797. The average Bonchev–Trinajstić information content (AvgIpc) is 2.97. The Balaban J connectivity index is 1.98. The molecule has 2 aromatic carbocycles. The number of aryl methyl sites for hydroxylation is 1. The Hall–Kier alpha value is -2.88. The third-order valence-corrected chi connectivity index (χ3v) is 3.29. The van der Waals surface area contributed by atoms with E-state index < -0.39 is 5.97 Å².